The lowest BCUT2D eigenvalue weighted by Gasteiger charge is -2.48. The Balaban J connectivity index is 1.42. The number of rotatable bonds is 8. The molecular weight excluding hydrogens is 757 g/mol. The van der Waals surface area contributed by atoms with Crippen LogP contribution in [0, 0.1) is 23.7 Å². The number of carbonyl (C=O) groups excluding carboxylic acids is 3. The zero-order valence-corrected chi connectivity index (χ0v) is 36.5. The molecule has 4 saturated heterocycles. The van der Waals surface area contributed by atoms with Gasteiger partial charge < -0.3 is 42.9 Å². The molecule has 14 atom stereocenters. The van der Waals surface area contributed by atoms with E-state index in [0.717, 1.165) is 11.1 Å². The quantitative estimate of drug-likeness (QED) is 0.208. The van der Waals surface area contributed by atoms with Crippen LogP contribution in [0.5, 0.6) is 5.75 Å². The van der Waals surface area contributed by atoms with Crippen LogP contribution < -0.4 is 4.84 Å². The third-order valence-corrected chi connectivity index (χ3v) is 12.9. The van der Waals surface area contributed by atoms with Crippen LogP contribution in [0.1, 0.15) is 81.6 Å². The summed E-state index contributed by atoms with van der Waals surface area (Å²) in [6.07, 6.45) is -3.56. The van der Waals surface area contributed by atoms with E-state index in [1.165, 1.54) is 6.92 Å². The third kappa shape index (κ3) is 9.61. The van der Waals surface area contributed by atoms with Gasteiger partial charge in [0.2, 0.25) is 0 Å². The van der Waals surface area contributed by atoms with Gasteiger partial charge in [-0.05, 0) is 90.2 Å². The molecular formula is C46H64N2O11. The van der Waals surface area contributed by atoms with Crippen molar-refractivity contribution in [1.82, 2.24) is 4.90 Å². The predicted octanol–water partition coefficient (Wildman–Crippen LogP) is 6.64. The molecule has 0 saturated carbocycles. The number of fused-ring (bicyclic) bond motifs is 5. The first kappa shape index (κ1) is 44.8. The van der Waals surface area contributed by atoms with Gasteiger partial charge in [0, 0.05) is 18.8 Å². The van der Waals surface area contributed by atoms with Crippen molar-refractivity contribution in [3.05, 3.63) is 54.6 Å². The van der Waals surface area contributed by atoms with Crippen molar-refractivity contribution in [3.63, 3.8) is 0 Å². The highest BCUT2D eigenvalue weighted by Crippen LogP contribution is 2.45. The number of oxime groups is 1. The Bertz CT molecular complexity index is 1810. The second-order valence-corrected chi connectivity index (χ2v) is 17.7. The van der Waals surface area contributed by atoms with Crippen LogP contribution in [0.4, 0.5) is 0 Å². The van der Waals surface area contributed by atoms with Gasteiger partial charge in [0.15, 0.2) is 29.5 Å². The molecule has 0 aliphatic carbocycles. The van der Waals surface area contributed by atoms with Crippen LogP contribution in [0.15, 0.2) is 59.8 Å². The van der Waals surface area contributed by atoms with E-state index in [-0.39, 0.29) is 37.1 Å². The fourth-order valence-electron chi connectivity index (χ4n) is 9.71. The van der Waals surface area contributed by atoms with Gasteiger partial charge in [0.1, 0.15) is 11.8 Å². The Morgan fingerprint density at radius 3 is 2.24 bits per heavy atom. The molecule has 4 aliphatic rings. The molecule has 13 heteroatoms. The van der Waals surface area contributed by atoms with Crippen LogP contribution in [0.2, 0.25) is 0 Å². The van der Waals surface area contributed by atoms with Gasteiger partial charge in [0.05, 0.1) is 55.2 Å². The summed E-state index contributed by atoms with van der Waals surface area (Å²) in [5.74, 6) is -2.65. The van der Waals surface area contributed by atoms with E-state index in [0.29, 0.717) is 30.7 Å². The average Bonchev–Trinajstić information content (AvgIpc) is 3.46. The topological polar surface area (TPSA) is 141 Å². The van der Waals surface area contributed by atoms with E-state index in [1.807, 2.05) is 115 Å². The first-order valence-electron chi connectivity index (χ1n) is 21.2. The fraction of sp³-hybridized carbons (Fsp3) is 0.652. The van der Waals surface area contributed by atoms with E-state index < -0.39 is 77.7 Å². The summed E-state index contributed by atoms with van der Waals surface area (Å²) in [5.41, 5.74) is 0.118. The van der Waals surface area contributed by atoms with Crippen molar-refractivity contribution >= 4 is 23.4 Å². The van der Waals surface area contributed by atoms with Gasteiger partial charge in [0.25, 0.3) is 0 Å². The van der Waals surface area contributed by atoms with Gasteiger partial charge in [-0.2, -0.15) is 0 Å². The minimum absolute atomic E-state index is 0.00526. The summed E-state index contributed by atoms with van der Waals surface area (Å²) in [5, 5.41) is 4.55. The summed E-state index contributed by atoms with van der Waals surface area (Å²) in [6.45, 7) is 16.6. The van der Waals surface area contributed by atoms with Gasteiger partial charge in [-0.25, -0.2) is 0 Å². The standard InChI is InChI=1S/C46H64N2O11/c1-12-37-46(9)41(50)28(4)38(58-46)26(2)23-45(8)42(57-44-40(55-31(7)49)36(48(10)11)22-27(3)54-44)29(5)39(30(6)43(51)56-37)52-24-34(25-53-45)47-59-35-20-18-33(19-21-35)32-16-14-13-15-17-32/h13-21,26-30,36-40,42,44H,12,22-25H2,1-11H3/b47-34+/t26-,27-,28?,29-,30-,36+,37-,38?,39+,40-,42-,44+,45+,46?/m1/s1. The van der Waals surface area contributed by atoms with E-state index in [9.17, 15) is 14.4 Å². The van der Waals surface area contributed by atoms with E-state index in [2.05, 4.69) is 5.16 Å². The number of likely N-dealkylation sites (N-methyl/N-ethyl adjacent to an activating group) is 1. The summed E-state index contributed by atoms with van der Waals surface area (Å²) in [4.78, 5) is 49.0. The smallest absolute Gasteiger partial charge is 0.311 e. The molecule has 0 spiro atoms. The molecule has 59 heavy (non-hydrogen) atoms. The maximum absolute atomic E-state index is 14.3. The number of Topliss-reactive ketones (excluding diaryl/α,β-unsaturated/α-hetero) is 1. The number of nitrogens with zero attached hydrogens (tertiary/aromatic N) is 2. The van der Waals surface area contributed by atoms with E-state index in [1.54, 1.807) is 13.8 Å². The zero-order chi connectivity index (χ0) is 42.8. The number of ether oxygens (including phenoxy) is 7. The third-order valence-electron chi connectivity index (χ3n) is 12.9. The minimum atomic E-state index is -1.33. The molecule has 4 bridgehead atoms. The molecule has 4 fully saturated rings. The van der Waals surface area contributed by atoms with Crippen LogP contribution in [0.3, 0.4) is 0 Å². The molecule has 13 nitrogen and oxygen atoms in total. The summed E-state index contributed by atoms with van der Waals surface area (Å²) < 4.78 is 46.3. The largest absolute Gasteiger partial charge is 0.459 e. The van der Waals surface area contributed by atoms with Gasteiger partial charge in [-0.3, -0.25) is 14.4 Å². The van der Waals surface area contributed by atoms with Gasteiger partial charge in [-0.15, -0.1) is 0 Å². The van der Waals surface area contributed by atoms with Crippen LogP contribution in [-0.4, -0.2) is 116 Å². The molecule has 4 aliphatic heterocycles. The SMILES string of the molecule is CC[C@H]1OC(=O)[C@H](C)[C@H]2OC/C(=N\Oc3ccc(-c4ccccc4)cc3)CO[C@@](C)(C[C@@H](C)C3OC1(C)C(=O)C3C)[C@H](O[C@@H]1O[C@H](C)C[C@H](N(C)C)[C@H]1OC(C)=O)[C@@H]2C. The number of hydrogen-bond acceptors (Lipinski definition) is 13. The summed E-state index contributed by atoms with van der Waals surface area (Å²) in [7, 11) is 3.88. The summed E-state index contributed by atoms with van der Waals surface area (Å²) in [6, 6.07) is 17.5. The Morgan fingerprint density at radius 1 is 0.915 bits per heavy atom. The molecule has 6 rings (SSSR count). The van der Waals surface area contributed by atoms with E-state index >= 15 is 0 Å². The maximum atomic E-state index is 14.3. The first-order chi connectivity index (χ1) is 27.9. The zero-order valence-electron chi connectivity index (χ0n) is 36.5. The molecule has 0 N–H and O–H groups in total. The Kier molecular flexibility index (Phi) is 14.0. The van der Waals surface area contributed by atoms with Crippen LogP contribution in [0.25, 0.3) is 11.1 Å². The van der Waals surface area contributed by atoms with Gasteiger partial charge in [-0.1, -0.05) is 75.3 Å². The minimum Gasteiger partial charge on any atom is -0.459 e. The predicted molar refractivity (Wildman–Crippen MR) is 221 cm³/mol. The molecule has 2 aromatic rings. The van der Waals surface area contributed by atoms with Crippen molar-refractivity contribution in [2.45, 2.75) is 142 Å². The molecule has 3 unspecified atom stereocenters. The van der Waals surface area contributed by atoms with Crippen molar-refractivity contribution in [3.8, 4) is 16.9 Å². The highest BCUT2D eigenvalue weighted by Gasteiger charge is 2.59. The lowest BCUT2D eigenvalue weighted by molar-refractivity contribution is -0.305. The van der Waals surface area contributed by atoms with Crippen molar-refractivity contribution < 1.29 is 52.4 Å². The number of benzene rings is 2. The number of hydrogen-bond donors (Lipinski definition) is 0. The maximum Gasteiger partial charge on any atom is 0.311 e. The monoisotopic (exact) mass is 820 g/mol. The number of esters is 2. The number of carbonyl (C=O) groups is 3. The molecule has 0 amide bonds. The Morgan fingerprint density at radius 2 is 1.59 bits per heavy atom. The van der Waals surface area contributed by atoms with E-state index in [4.69, 9.17) is 38.0 Å². The first-order valence-corrected chi connectivity index (χ1v) is 21.2. The second kappa shape index (κ2) is 18.5. The van der Waals surface area contributed by atoms with Gasteiger partial charge >= 0.3 is 11.9 Å². The normalized spacial score (nSPS) is 38.9. The van der Waals surface area contributed by atoms with Crippen molar-refractivity contribution in [1.29, 1.82) is 0 Å². The lowest BCUT2D eigenvalue weighted by atomic mass is 9.75. The second-order valence-electron chi connectivity index (χ2n) is 17.7. The number of ketones is 1. The fourth-order valence-corrected chi connectivity index (χ4v) is 9.71. The highest BCUT2D eigenvalue weighted by atomic mass is 16.7. The lowest BCUT2D eigenvalue weighted by Crippen LogP contribution is -2.60. The van der Waals surface area contributed by atoms with Crippen LogP contribution in [-0.2, 0) is 47.5 Å². The molecule has 2 aromatic carbocycles. The molecule has 4 heterocycles. The summed E-state index contributed by atoms with van der Waals surface area (Å²) >= 11 is 0. The Labute approximate surface area is 349 Å². The Hall–Kier alpha value is -3.72. The number of cyclic esters (lactones) is 1. The van der Waals surface area contributed by atoms with Crippen LogP contribution >= 0.6 is 0 Å². The van der Waals surface area contributed by atoms with Crippen molar-refractivity contribution in [2.24, 2.45) is 28.8 Å². The molecule has 0 radical (unpaired) electrons. The molecule has 0 aromatic heterocycles. The van der Waals surface area contributed by atoms with Crippen molar-refractivity contribution in [2.75, 3.05) is 27.3 Å². The average molecular weight is 821 g/mol. The highest BCUT2D eigenvalue weighted by molar-refractivity contribution is 5.92. The molecule has 324 valence electrons.